The molecule has 0 unspecified atom stereocenters. The van der Waals surface area contributed by atoms with E-state index in [-0.39, 0.29) is 11.8 Å². The van der Waals surface area contributed by atoms with Gasteiger partial charge in [0.2, 0.25) is 0 Å². The normalized spacial score (nSPS) is 11.4. The Bertz CT molecular complexity index is 372. The standard InChI is InChI=1S/C13H17ClO2/c1-13(2,7-6-12(15)16)9-10-4-3-5-11(14)8-10/h3-5,8H,6-7,9H2,1-2H3,(H,15,16). The average molecular weight is 241 g/mol. The summed E-state index contributed by atoms with van der Waals surface area (Å²) in [5.41, 5.74) is 1.14. The van der Waals surface area contributed by atoms with E-state index < -0.39 is 5.97 Å². The molecule has 0 saturated carbocycles. The van der Waals surface area contributed by atoms with Crippen molar-refractivity contribution in [2.75, 3.05) is 0 Å². The van der Waals surface area contributed by atoms with E-state index in [9.17, 15) is 4.79 Å². The SMILES string of the molecule is CC(C)(CCC(=O)O)Cc1cccc(Cl)c1. The lowest BCUT2D eigenvalue weighted by Gasteiger charge is -2.23. The number of benzene rings is 1. The highest BCUT2D eigenvalue weighted by atomic mass is 35.5. The highest BCUT2D eigenvalue weighted by Gasteiger charge is 2.19. The highest BCUT2D eigenvalue weighted by Crippen LogP contribution is 2.28. The molecule has 0 bridgehead atoms. The summed E-state index contributed by atoms with van der Waals surface area (Å²) in [5, 5.41) is 9.39. The largest absolute Gasteiger partial charge is 0.481 e. The second-order valence-corrected chi connectivity index (χ2v) is 5.30. The number of aliphatic carboxylic acids is 1. The molecule has 0 radical (unpaired) electrons. The number of hydrogen-bond donors (Lipinski definition) is 1. The van der Waals surface area contributed by atoms with Crippen LogP contribution in [0.5, 0.6) is 0 Å². The minimum atomic E-state index is -0.737. The molecule has 0 spiro atoms. The predicted molar refractivity (Wildman–Crippen MR) is 65.8 cm³/mol. The molecule has 0 saturated heterocycles. The number of carboxylic acid groups (broad SMARTS) is 1. The van der Waals surface area contributed by atoms with Crippen molar-refractivity contribution >= 4 is 17.6 Å². The van der Waals surface area contributed by atoms with Crippen molar-refractivity contribution in [3.05, 3.63) is 34.9 Å². The summed E-state index contributed by atoms with van der Waals surface area (Å²) in [5.74, 6) is -0.737. The van der Waals surface area contributed by atoms with Crippen LogP contribution in [0.25, 0.3) is 0 Å². The van der Waals surface area contributed by atoms with Gasteiger partial charge in [-0.1, -0.05) is 37.6 Å². The van der Waals surface area contributed by atoms with Gasteiger partial charge < -0.3 is 5.11 Å². The third kappa shape index (κ3) is 4.67. The minimum absolute atomic E-state index is 0.0108. The van der Waals surface area contributed by atoms with Crippen LogP contribution in [0.15, 0.2) is 24.3 Å². The van der Waals surface area contributed by atoms with E-state index in [4.69, 9.17) is 16.7 Å². The molecule has 0 aromatic heterocycles. The molecular formula is C13H17ClO2. The number of rotatable bonds is 5. The van der Waals surface area contributed by atoms with E-state index in [1.165, 1.54) is 0 Å². The molecule has 0 aliphatic carbocycles. The molecule has 3 heteroatoms. The molecule has 0 aliphatic heterocycles. The monoisotopic (exact) mass is 240 g/mol. The van der Waals surface area contributed by atoms with Gasteiger partial charge in [-0.05, 0) is 36.0 Å². The first-order valence-electron chi connectivity index (χ1n) is 5.35. The van der Waals surface area contributed by atoms with Gasteiger partial charge in [-0.2, -0.15) is 0 Å². The van der Waals surface area contributed by atoms with Crippen molar-refractivity contribution in [1.82, 2.24) is 0 Å². The molecule has 0 amide bonds. The maximum Gasteiger partial charge on any atom is 0.303 e. The van der Waals surface area contributed by atoms with Crippen LogP contribution in [0.4, 0.5) is 0 Å². The van der Waals surface area contributed by atoms with E-state index in [0.29, 0.717) is 6.42 Å². The van der Waals surface area contributed by atoms with Gasteiger partial charge in [-0.3, -0.25) is 4.79 Å². The van der Waals surface area contributed by atoms with E-state index in [2.05, 4.69) is 13.8 Å². The summed E-state index contributed by atoms with van der Waals surface area (Å²) in [6.07, 6.45) is 1.74. The highest BCUT2D eigenvalue weighted by molar-refractivity contribution is 6.30. The predicted octanol–water partition coefficient (Wildman–Crippen LogP) is 3.77. The summed E-state index contributed by atoms with van der Waals surface area (Å²) in [6.45, 7) is 4.16. The fraction of sp³-hybridized carbons (Fsp3) is 0.462. The molecular weight excluding hydrogens is 224 g/mol. The van der Waals surface area contributed by atoms with E-state index in [1.54, 1.807) is 0 Å². The Labute approximate surface area is 101 Å². The van der Waals surface area contributed by atoms with Gasteiger partial charge in [0.1, 0.15) is 0 Å². The Hall–Kier alpha value is -1.02. The molecule has 88 valence electrons. The van der Waals surface area contributed by atoms with Crippen LogP contribution in [0.2, 0.25) is 5.02 Å². The van der Waals surface area contributed by atoms with Crippen LogP contribution in [0.1, 0.15) is 32.3 Å². The summed E-state index contributed by atoms with van der Waals surface area (Å²) < 4.78 is 0. The van der Waals surface area contributed by atoms with Crippen molar-refractivity contribution in [2.24, 2.45) is 5.41 Å². The van der Waals surface area contributed by atoms with Crippen molar-refractivity contribution < 1.29 is 9.90 Å². The third-order valence-corrected chi connectivity index (χ3v) is 2.82. The van der Waals surface area contributed by atoms with Crippen molar-refractivity contribution in [3.63, 3.8) is 0 Å². The third-order valence-electron chi connectivity index (χ3n) is 2.59. The lowest BCUT2D eigenvalue weighted by Crippen LogP contribution is -2.16. The maximum absolute atomic E-state index is 10.5. The smallest absolute Gasteiger partial charge is 0.303 e. The molecule has 0 aliphatic rings. The molecule has 0 fully saturated rings. The van der Waals surface area contributed by atoms with E-state index >= 15 is 0 Å². The van der Waals surface area contributed by atoms with Gasteiger partial charge in [0.05, 0.1) is 0 Å². The maximum atomic E-state index is 10.5. The number of halogens is 1. The van der Waals surface area contributed by atoms with E-state index in [0.717, 1.165) is 17.0 Å². The quantitative estimate of drug-likeness (QED) is 0.851. The topological polar surface area (TPSA) is 37.3 Å². The van der Waals surface area contributed by atoms with Gasteiger partial charge in [0.25, 0.3) is 0 Å². The molecule has 0 heterocycles. The summed E-state index contributed by atoms with van der Waals surface area (Å²) in [6, 6.07) is 7.72. The molecule has 16 heavy (non-hydrogen) atoms. The minimum Gasteiger partial charge on any atom is -0.481 e. The lowest BCUT2D eigenvalue weighted by atomic mass is 9.81. The van der Waals surface area contributed by atoms with E-state index in [1.807, 2.05) is 24.3 Å². The Morgan fingerprint density at radius 1 is 1.44 bits per heavy atom. The van der Waals surface area contributed by atoms with Gasteiger partial charge in [-0.25, -0.2) is 0 Å². The zero-order valence-corrected chi connectivity index (χ0v) is 10.4. The molecule has 1 N–H and O–H groups in total. The average Bonchev–Trinajstić information content (AvgIpc) is 2.14. The number of carboxylic acids is 1. The van der Waals surface area contributed by atoms with Crippen molar-refractivity contribution in [1.29, 1.82) is 0 Å². The van der Waals surface area contributed by atoms with Crippen molar-refractivity contribution in [3.8, 4) is 0 Å². The molecule has 1 aromatic carbocycles. The molecule has 0 atom stereocenters. The summed E-state index contributed by atoms with van der Waals surface area (Å²) in [7, 11) is 0. The van der Waals surface area contributed by atoms with Crippen LogP contribution in [-0.2, 0) is 11.2 Å². The molecule has 1 rings (SSSR count). The Kier molecular flexibility index (Phi) is 4.36. The summed E-state index contributed by atoms with van der Waals surface area (Å²) >= 11 is 5.91. The fourth-order valence-electron chi connectivity index (χ4n) is 1.73. The number of carbonyl (C=O) groups is 1. The second kappa shape index (κ2) is 5.35. The van der Waals surface area contributed by atoms with Gasteiger partial charge >= 0.3 is 5.97 Å². The zero-order chi connectivity index (χ0) is 12.2. The molecule has 1 aromatic rings. The van der Waals surface area contributed by atoms with Crippen LogP contribution in [-0.4, -0.2) is 11.1 Å². The Morgan fingerprint density at radius 2 is 2.12 bits per heavy atom. The number of hydrogen-bond acceptors (Lipinski definition) is 1. The zero-order valence-electron chi connectivity index (χ0n) is 9.66. The van der Waals surface area contributed by atoms with Crippen LogP contribution in [0.3, 0.4) is 0 Å². The van der Waals surface area contributed by atoms with Crippen LogP contribution >= 0.6 is 11.6 Å². The Balaban J connectivity index is 2.61. The van der Waals surface area contributed by atoms with Gasteiger partial charge in [-0.15, -0.1) is 0 Å². The van der Waals surface area contributed by atoms with Crippen LogP contribution in [0, 0.1) is 5.41 Å². The van der Waals surface area contributed by atoms with Crippen LogP contribution < -0.4 is 0 Å². The first-order valence-corrected chi connectivity index (χ1v) is 5.73. The van der Waals surface area contributed by atoms with Gasteiger partial charge in [0, 0.05) is 11.4 Å². The lowest BCUT2D eigenvalue weighted by molar-refractivity contribution is -0.137. The summed E-state index contributed by atoms with van der Waals surface area (Å²) in [4.78, 5) is 10.5. The van der Waals surface area contributed by atoms with Gasteiger partial charge in [0.15, 0.2) is 0 Å². The molecule has 2 nitrogen and oxygen atoms in total. The first kappa shape index (κ1) is 13.0. The first-order chi connectivity index (χ1) is 7.39. The Morgan fingerprint density at radius 3 is 2.69 bits per heavy atom. The fourth-order valence-corrected chi connectivity index (χ4v) is 1.95. The van der Waals surface area contributed by atoms with Crippen molar-refractivity contribution in [2.45, 2.75) is 33.1 Å². The second-order valence-electron chi connectivity index (χ2n) is 4.86.